The van der Waals surface area contributed by atoms with Gasteiger partial charge in [0.2, 0.25) is 5.91 Å². The number of carboxylic acid groups (broad SMARTS) is 1. The van der Waals surface area contributed by atoms with Crippen LogP contribution in [0.5, 0.6) is 0 Å². The summed E-state index contributed by atoms with van der Waals surface area (Å²) in [5.74, 6) is -2.01. The van der Waals surface area contributed by atoms with Crippen LogP contribution in [0.15, 0.2) is 24.3 Å². The molecule has 0 fully saturated rings. The van der Waals surface area contributed by atoms with Crippen LogP contribution >= 0.6 is 0 Å². The Hall–Kier alpha value is -1.84. The van der Waals surface area contributed by atoms with Gasteiger partial charge >= 0.3 is 5.97 Å². The summed E-state index contributed by atoms with van der Waals surface area (Å²) in [6, 6.07) is 7.62. The molecular weight excluding hydrogens is 242 g/mol. The van der Waals surface area contributed by atoms with E-state index in [1.165, 1.54) is 6.92 Å². The Bertz CT molecular complexity index is 469. The molecule has 4 nitrogen and oxygen atoms in total. The van der Waals surface area contributed by atoms with E-state index in [4.69, 9.17) is 10.8 Å². The van der Waals surface area contributed by atoms with Crippen LogP contribution in [0.2, 0.25) is 0 Å². The zero-order chi connectivity index (χ0) is 14.8. The van der Waals surface area contributed by atoms with Gasteiger partial charge in [0.25, 0.3) is 0 Å². The van der Waals surface area contributed by atoms with Crippen molar-refractivity contribution in [2.45, 2.75) is 39.5 Å². The van der Waals surface area contributed by atoms with Gasteiger partial charge in [0.15, 0.2) is 0 Å². The normalized spacial score (nSPS) is 14.7. The van der Waals surface area contributed by atoms with Crippen LogP contribution in [0.3, 0.4) is 0 Å². The van der Waals surface area contributed by atoms with E-state index < -0.39 is 17.3 Å². The first kappa shape index (κ1) is 15.2. The molecule has 0 aliphatic rings. The van der Waals surface area contributed by atoms with Gasteiger partial charge in [0, 0.05) is 0 Å². The summed E-state index contributed by atoms with van der Waals surface area (Å²) in [5.41, 5.74) is 5.62. The van der Waals surface area contributed by atoms with Crippen LogP contribution in [0, 0.1) is 5.41 Å². The predicted molar refractivity (Wildman–Crippen MR) is 73.8 cm³/mol. The minimum atomic E-state index is -1.57. The zero-order valence-corrected chi connectivity index (χ0v) is 11.9. The lowest BCUT2D eigenvalue weighted by Gasteiger charge is -2.22. The second-order valence-electron chi connectivity index (χ2n) is 6.13. The molecule has 0 aliphatic carbocycles. The number of hydrogen-bond donors (Lipinski definition) is 2. The monoisotopic (exact) mass is 263 g/mol. The largest absolute Gasteiger partial charge is 0.480 e. The van der Waals surface area contributed by atoms with E-state index in [0.717, 1.165) is 11.1 Å². The first-order valence-electron chi connectivity index (χ1n) is 6.20. The molecular formula is C15H21NO3. The highest BCUT2D eigenvalue weighted by molar-refractivity contribution is 6.00. The van der Waals surface area contributed by atoms with E-state index in [1.54, 1.807) is 0 Å². The molecule has 0 aromatic heterocycles. The Labute approximate surface area is 113 Å². The van der Waals surface area contributed by atoms with E-state index in [-0.39, 0.29) is 11.8 Å². The van der Waals surface area contributed by atoms with Gasteiger partial charge in [-0.15, -0.1) is 0 Å². The molecule has 1 unspecified atom stereocenters. The van der Waals surface area contributed by atoms with Crippen LogP contribution in [0.25, 0.3) is 0 Å². The lowest BCUT2D eigenvalue weighted by molar-refractivity contribution is -0.153. The van der Waals surface area contributed by atoms with Crippen molar-refractivity contribution in [3.63, 3.8) is 0 Å². The minimum absolute atomic E-state index is 0.0400. The molecule has 3 N–H and O–H groups in total. The van der Waals surface area contributed by atoms with Crippen LogP contribution in [0.1, 0.15) is 38.8 Å². The van der Waals surface area contributed by atoms with E-state index in [9.17, 15) is 9.59 Å². The van der Waals surface area contributed by atoms with Gasteiger partial charge in [-0.1, -0.05) is 45.0 Å². The van der Waals surface area contributed by atoms with Crippen LogP contribution in [-0.2, 0) is 21.4 Å². The summed E-state index contributed by atoms with van der Waals surface area (Å²) in [6.45, 7) is 7.67. The summed E-state index contributed by atoms with van der Waals surface area (Å²) in [6.07, 6.45) is 0.0993. The number of primary amides is 1. The maximum Gasteiger partial charge on any atom is 0.319 e. The molecule has 0 aliphatic heterocycles. The molecule has 0 spiro atoms. The molecule has 104 valence electrons. The van der Waals surface area contributed by atoms with Crippen molar-refractivity contribution in [2.75, 3.05) is 0 Å². The van der Waals surface area contributed by atoms with Crippen molar-refractivity contribution in [2.24, 2.45) is 11.1 Å². The molecule has 0 bridgehead atoms. The summed E-state index contributed by atoms with van der Waals surface area (Å²) < 4.78 is 0. The highest BCUT2D eigenvalue weighted by atomic mass is 16.4. The van der Waals surface area contributed by atoms with Crippen molar-refractivity contribution in [3.8, 4) is 0 Å². The fourth-order valence-corrected chi connectivity index (χ4v) is 1.80. The van der Waals surface area contributed by atoms with Gasteiger partial charge in [0.05, 0.1) is 0 Å². The fourth-order valence-electron chi connectivity index (χ4n) is 1.80. The third kappa shape index (κ3) is 3.34. The second kappa shape index (κ2) is 5.03. The summed E-state index contributed by atoms with van der Waals surface area (Å²) in [5, 5.41) is 9.15. The van der Waals surface area contributed by atoms with E-state index >= 15 is 0 Å². The molecule has 0 saturated heterocycles. The maximum atomic E-state index is 11.3. The number of amides is 1. The minimum Gasteiger partial charge on any atom is -0.480 e. The number of nitrogens with two attached hydrogens (primary N) is 1. The highest BCUT2D eigenvalue weighted by Crippen LogP contribution is 2.26. The first-order valence-corrected chi connectivity index (χ1v) is 6.20. The van der Waals surface area contributed by atoms with E-state index in [1.807, 2.05) is 24.3 Å². The van der Waals surface area contributed by atoms with Crippen molar-refractivity contribution >= 4 is 11.9 Å². The topological polar surface area (TPSA) is 80.4 Å². The average molecular weight is 263 g/mol. The quantitative estimate of drug-likeness (QED) is 0.816. The molecule has 4 heteroatoms. The van der Waals surface area contributed by atoms with Gasteiger partial charge in [0.1, 0.15) is 5.41 Å². The Morgan fingerprint density at radius 2 is 1.58 bits per heavy atom. The number of benzene rings is 1. The highest BCUT2D eigenvalue weighted by Gasteiger charge is 2.39. The Kier molecular flexibility index (Phi) is 4.03. The Morgan fingerprint density at radius 3 is 1.89 bits per heavy atom. The molecule has 0 saturated carbocycles. The molecule has 1 aromatic carbocycles. The van der Waals surface area contributed by atoms with Gasteiger partial charge in [-0.05, 0) is 29.9 Å². The molecule has 0 radical (unpaired) electrons. The summed E-state index contributed by atoms with van der Waals surface area (Å²) in [4.78, 5) is 22.5. The number of carbonyl (C=O) groups excluding carboxylic acids is 1. The van der Waals surface area contributed by atoms with Crippen molar-refractivity contribution in [1.82, 2.24) is 0 Å². The lowest BCUT2D eigenvalue weighted by atomic mass is 9.81. The SMILES string of the molecule is CC(Cc1ccc(C(C)(C)C)cc1)(C(N)=O)C(=O)O. The number of carbonyl (C=O) groups is 2. The predicted octanol–water partition coefficient (Wildman–Crippen LogP) is 2.10. The van der Waals surface area contributed by atoms with Crippen molar-refractivity contribution in [3.05, 3.63) is 35.4 Å². The van der Waals surface area contributed by atoms with Gasteiger partial charge in [-0.2, -0.15) is 0 Å². The van der Waals surface area contributed by atoms with Crippen molar-refractivity contribution < 1.29 is 14.7 Å². The molecule has 1 aromatic rings. The van der Waals surface area contributed by atoms with Crippen LogP contribution in [0.4, 0.5) is 0 Å². The van der Waals surface area contributed by atoms with Crippen LogP contribution in [-0.4, -0.2) is 17.0 Å². The maximum absolute atomic E-state index is 11.3. The van der Waals surface area contributed by atoms with Crippen molar-refractivity contribution in [1.29, 1.82) is 0 Å². The molecule has 1 amide bonds. The number of hydrogen-bond acceptors (Lipinski definition) is 2. The average Bonchev–Trinajstić information content (AvgIpc) is 2.27. The fraction of sp³-hybridized carbons (Fsp3) is 0.467. The standard InChI is InChI=1S/C15H21NO3/c1-14(2,3)11-7-5-10(6-8-11)9-15(4,12(16)17)13(18)19/h5-8H,9H2,1-4H3,(H2,16,17)(H,18,19). The van der Waals surface area contributed by atoms with Crippen LogP contribution < -0.4 is 5.73 Å². The van der Waals surface area contributed by atoms with Gasteiger partial charge in [-0.25, -0.2) is 0 Å². The smallest absolute Gasteiger partial charge is 0.319 e. The molecule has 0 heterocycles. The Morgan fingerprint density at radius 1 is 1.11 bits per heavy atom. The molecule has 1 rings (SSSR count). The lowest BCUT2D eigenvalue weighted by Crippen LogP contribution is -2.43. The van der Waals surface area contributed by atoms with Gasteiger partial charge < -0.3 is 10.8 Å². The second-order valence-corrected chi connectivity index (χ2v) is 6.13. The van der Waals surface area contributed by atoms with E-state index in [2.05, 4.69) is 20.8 Å². The molecule has 1 atom stereocenters. The molecule has 19 heavy (non-hydrogen) atoms. The summed E-state index contributed by atoms with van der Waals surface area (Å²) in [7, 11) is 0. The zero-order valence-electron chi connectivity index (χ0n) is 11.9. The number of rotatable bonds is 4. The third-order valence-corrected chi connectivity index (χ3v) is 3.39. The summed E-state index contributed by atoms with van der Waals surface area (Å²) >= 11 is 0. The Balaban J connectivity index is 3.00. The third-order valence-electron chi connectivity index (χ3n) is 3.39. The first-order chi connectivity index (χ1) is 8.57. The van der Waals surface area contributed by atoms with Gasteiger partial charge in [-0.3, -0.25) is 9.59 Å². The number of aliphatic carboxylic acids is 1. The number of carboxylic acids is 1. The van der Waals surface area contributed by atoms with E-state index in [0.29, 0.717) is 0 Å².